The normalized spacial score (nSPS) is 21.4. The van der Waals surface area contributed by atoms with Crippen LogP contribution >= 0.6 is 0 Å². The molecule has 2 fully saturated rings. The second-order valence-corrected chi connectivity index (χ2v) is 7.84. The van der Waals surface area contributed by atoms with Gasteiger partial charge in [-0.25, -0.2) is 0 Å². The maximum atomic E-state index is 13.2. The molecule has 1 aliphatic heterocycles. The first-order valence-electron chi connectivity index (χ1n) is 10.5. The lowest BCUT2D eigenvalue weighted by atomic mass is 9.91. The molecule has 7 heteroatoms. The van der Waals surface area contributed by atoms with Crippen molar-refractivity contribution in [3.8, 4) is 11.5 Å². The van der Waals surface area contributed by atoms with E-state index in [1.807, 2.05) is 0 Å². The highest BCUT2D eigenvalue weighted by molar-refractivity contribution is 6.46. The molecule has 0 bridgehead atoms. The van der Waals surface area contributed by atoms with Crippen LogP contribution in [0.5, 0.6) is 11.5 Å². The molecular weight excluding hydrogens is 396 g/mol. The standard InChI is InChI=1S/C24H26N2O5/c1-30-17-8-9-19(31-2)18(14-17)22(27)20-21(15-10-12-25-13-11-15)26(24(29)23(20)28)16-6-4-3-5-7-16/h8-14,16,21,27H,3-7H2,1-2H3/b22-20+. The molecule has 1 aromatic heterocycles. The molecule has 7 nitrogen and oxygen atoms in total. The van der Waals surface area contributed by atoms with Gasteiger partial charge >= 0.3 is 0 Å². The molecule has 31 heavy (non-hydrogen) atoms. The van der Waals surface area contributed by atoms with Gasteiger partial charge in [-0.2, -0.15) is 0 Å². The number of aliphatic hydroxyl groups excluding tert-OH is 1. The summed E-state index contributed by atoms with van der Waals surface area (Å²) < 4.78 is 10.7. The number of methoxy groups -OCH3 is 2. The highest BCUT2D eigenvalue weighted by Gasteiger charge is 2.49. The molecule has 2 aromatic rings. The smallest absolute Gasteiger partial charge is 0.295 e. The number of aliphatic hydroxyl groups is 1. The van der Waals surface area contributed by atoms with Crippen LogP contribution in [0.4, 0.5) is 0 Å². The molecule has 1 aliphatic carbocycles. The van der Waals surface area contributed by atoms with E-state index in [1.165, 1.54) is 14.2 Å². The predicted molar refractivity (Wildman–Crippen MR) is 115 cm³/mol. The Morgan fingerprint density at radius 2 is 1.74 bits per heavy atom. The number of rotatable bonds is 5. The quantitative estimate of drug-likeness (QED) is 0.447. The third kappa shape index (κ3) is 3.76. The van der Waals surface area contributed by atoms with Crippen molar-refractivity contribution in [1.29, 1.82) is 0 Å². The van der Waals surface area contributed by atoms with Crippen LogP contribution in [0.15, 0.2) is 48.3 Å². The zero-order chi connectivity index (χ0) is 22.0. The molecule has 1 atom stereocenters. The number of benzene rings is 1. The van der Waals surface area contributed by atoms with Crippen molar-refractivity contribution in [2.45, 2.75) is 44.2 Å². The van der Waals surface area contributed by atoms with Gasteiger partial charge < -0.3 is 19.5 Å². The maximum Gasteiger partial charge on any atom is 0.295 e. The molecule has 1 unspecified atom stereocenters. The Labute approximate surface area is 181 Å². The minimum Gasteiger partial charge on any atom is -0.507 e. The van der Waals surface area contributed by atoms with Crippen molar-refractivity contribution in [1.82, 2.24) is 9.88 Å². The Balaban J connectivity index is 1.90. The van der Waals surface area contributed by atoms with E-state index in [4.69, 9.17) is 9.47 Å². The van der Waals surface area contributed by atoms with Crippen LogP contribution in [0.2, 0.25) is 0 Å². The van der Waals surface area contributed by atoms with Crippen LogP contribution in [0.3, 0.4) is 0 Å². The van der Waals surface area contributed by atoms with Gasteiger partial charge in [-0.3, -0.25) is 14.6 Å². The Kier molecular flexibility index (Phi) is 5.93. The maximum absolute atomic E-state index is 13.2. The molecule has 1 aromatic carbocycles. The van der Waals surface area contributed by atoms with Gasteiger partial charge in [0.2, 0.25) is 0 Å². The highest BCUT2D eigenvalue weighted by atomic mass is 16.5. The van der Waals surface area contributed by atoms with Crippen molar-refractivity contribution in [2.75, 3.05) is 14.2 Å². The number of ether oxygens (including phenoxy) is 2. The summed E-state index contributed by atoms with van der Waals surface area (Å²) in [5, 5.41) is 11.3. The Hall–Kier alpha value is -3.35. The number of likely N-dealkylation sites (tertiary alicyclic amines) is 1. The van der Waals surface area contributed by atoms with Crippen LogP contribution < -0.4 is 9.47 Å². The Morgan fingerprint density at radius 3 is 2.39 bits per heavy atom. The Bertz CT molecular complexity index is 1010. The number of ketones is 1. The van der Waals surface area contributed by atoms with Gasteiger partial charge in [0.1, 0.15) is 17.3 Å². The summed E-state index contributed by atoms with van der Waals surface area (Å²) in [6.45, 7) is 0. The topological polar surface area (TPSA) is 89.0 Å². The van der Waals surface area contributed by atoms with Gasteiger partial charge in [0.15, 0.2) is 0 Å². The van der Waals surface area contributed by atoms with Crippen molar-refractivity contribution < 1.29 is 24.2 Å². The number of hydrogen-bond donors (Lipinski definition) is 1. The monoisotopic (exact) mass is 422 g/mol. The van der Waals surface area contributed by atoms with E-state index < -0.39 is 17.7 Å². The fourth-order valence-corrected chi connectivity index (χ4v) is 4.60. The third-order valence-corrected chi connectivity index (χ3v) is 6.13. The van der Waals surface area contributed by atoms with Crippen molar-refractivity contribution >= 4 is 17.4 Å². The molecule has 1 saturated carbocycles. The number of nitrogens with zero attached hydrogens (tertiary/aromatic N) is 2. The average Bonchev–Trinajstić information content (AvgIpc) is 3.09. The number of amides is 1. The first kappa shape index (κ1) is 20.9. The number of carbonyl (C=O) groups excluding carboxylic acids is 2. The lowest BCUT2D eigenvalue weighted by molar-refractivity contribution is -0.141. The zero-order valence-corrected chi connectivity index (χ0v) is 17.7. The fourth-order valence-electron chi connectivity index (χ4n) is 4.60. The van der Waals surface area contributed by atoms with E-state index in [-0.39, 0.29) is 17.4 Å². The number of Topliss-reactive ketones (excluding diaryl/α,β-unsaturated/α-hetero) is 1. The summed E-state index contributed by atoms with van der Waals surface area (Å²) in [5.74, 6) is -0.638. The largest absolute Gasteiger partial charge is 0.507 e. The van der Waals surface area contributed by atoms with Crippen molar-refractivity contribution in [2.24, 2.45) is 0 Å². The average molecular weight is 422 g/mol. The first-order valence-corrected chi connectivity index (χ1v) is 10.5. The number of hydrogen-bond acceptors (Lipinski definition) is 6. The summed E-state index contributed by atoms with van der Waals surface area (Å²) in [5.41, 5.74) is 1.11. The van der Waals surface area contributed by atoms with Gasteiger partial charge in [0.05, 0.1) is 31.4 Å². The highest BCUT2D eigenvalue weighted by Crippen LogP contribution is 2.44. The molecule has 1 saturated heterocycles. The zero-order valence-electron chi connectivity index (χ0n) is 17.7. The molecular formula is C24H26N2O5. The molecule has 162 valence electrons. The van der Waals surface area contributed by atoms with Gasteiger partial charge in [0.25, 0.3) is 11.7 Å². The number of carbonyl (C=O) groups is 2. The van der Waals surface area contributed by atoms with Gasteiger partial charge in [0, 0.05) is 18.4 Å². The Morgan fingerprint density at radius 1 is 1.03 bits per heavy atom. The van der Waals surface area contributed by atoms with Crippen molar-refractivity contribution in [3.63, 3.8) is 0 Å². The van der Waals surface area contributed by atoms with E-state index in [1.54, 1.807) is 47.6 Å². The molecule has 0 radical (unpaired) electrons. The number of aromatic nitrogens is 1. The summed E-state index contributed by atoms with van der Waals surface area (Å²) in [4.78, 5) is 32.1. The number of pyridine rings is 1. The van der Waals surface area contributed by atoms with E-state index in [0.717, 1.165) is 37.7 Å². The van der Waals surface area contributed by atoms with Crippen molar-refractivity contribution in [3.05, 3.63) is 59.4 Å². The molecule has 0 spiro atoms. The van der Waals surface area contributed by atoms with E-state index >= 15 is 0 Å². The first-order chi connectivity index (χ1) is 15.1. The molecule has 1 N–H and O–H groups in total. The van der Waals surface area contributed by atoms with E-state index in [2.05, 4.69) is 4.98 Å². The fraction of sp³-hybridized carbons (Fsp3) is 0.375. The third-order valence-electron chi connectivity index (χ3n) is 6.13. The summed E-state index contributed by atoms with van der Waals surface area (Å²) in [6.07, 6.45) is 8.10. The lowest BCUT2D eigenvalue weighted by Crippen LogP contribution is -2.40. The minimum atomic E-state index is -0.685. The van der Waals surface area contributed by atoms with Crippen LogP contribution in [0.1, 0.15) is 49.3 Å². The van der Waals surface area contributed by atoms with Gasteiger partial charge in [-0.1, -0.05) is 19.3 Å². The minimum absolute atomic E-state index is 0.0409. The lowest BCUT2D eigenvalue weighted by Gasteiger charge is -2.35. The predicted octanol–water partition coefficient (Wildman–Crippen LogP) is 3.85. The molecule has 2 aliphatic rings. The SMILES string of the molecule is COc1ccc(OC)c(/C(O)=C2\C(=O)C(=O)N(C3CCCCC3)C2c2ccncc2)c1. The molecule has 4 rings (SSSR count). The summed E-state index contributed by atoms with van der Waals surface area (Å²) in [7, 11) is 3.00. The van der Waals surface area contributed by atoms with Gasteiger partial charge in [-0.05, 0) is 48.7 Å². The van der Waals surface area contributed by atoms with Crippen LogP contribution in [-0.4, -0.2) is 46.9 Å². The molecule has 2 heterocycles. The summed E-state index contributed by atoms with van der Waals surface area (Å²) >= 11 is 0. The van der Waals surface area contributed by atoms with Gasteiger partial charge in [-0.15, -0.1) is 0 Å². The van der Waals surface area contributed by atoms with E-state index in [0.29, 0.717) is 17.1 Å². The summed E-state index contributed by atoms with van der Waals surface area (Å²) in [6, 6.07) is 7.81. The van der Waals surface area contributed by atoms with Crippen LogP contribution in [0.25, 0.3) is 5.76 Å². The van der Waals surface area contributed by atoms with E-state index in [9.17, 15) is 14.7 Å². The second kappa shape index (κ2) is 8.79. The molecule has 1 amide bonds. The second-order valence-electron chi connectivity index (χ2n) is 7.84. The van der Waals surface area contributed by atoms with Crippen LogP contribution in [0, 0.1) is 0 Å². The van der Waals surface area contributed by atoms with Crippen LogP contribution in [-0.2, 0) is 9.59 Å².